The molecule has 2 N–H and O–H groups in total. The standard InChI is InChI=1S/C25H34N6O2/c1-4-26-25(32)27-18-8-6-17(7-9-18)23-28-20-14-19-10-11-21(30(19)5-2)22(20)24(29-23)31-12-13-33-15-16(31)3/h6-9,16,19,21H,4-5,10-15H2,1-3H3,(H2,26,27,32)/t16-,19?,21?/m0/s1. The second-order valence-corrected chi connectivity index (χ2v) is 9.19. The lowest BCUT2D eigenvalue weighted by Crippen LogP contribution is -2.46. The topological polar surface area (TPSA) is 82.6 Å². The van der Waals surface area contributed by atoms with Crippen LogP contribution in [0.3, 0.4) is 0 Å². The average molecular weight is 451 g/mol. The van der Waals surface area contributed by atoms with Crippen molar-refractivity contribution in [2.75, 3.05) is 43.1 Å². The molecule has 3 aliphatic rings. The number of urea groups is 1. The summed E-state index contributed by atoms with van der Waals surface area (Å²) < 4.78 is 5.72. The van der Waals surface area contributed by atoms with Crippen LogP contribution in [0, 0.1) is 0 Å². The first kappa shape index (κ1) is 22.1. The van der Waals surface area contributed by atoms with E-state index in [0.717, 1.165) is 55.6 Å². The fourth-order valence-corrected chi connectivity index (χ4v) is 5.60. The van der Waals surface area contributed by atoms with Crippen molar-refractivity contribution in [2.24, 2.45) is 0 Å². The summed E-state index contributed by atoms with van der Waals surface area (Å²) in [6, 6.07) is 8.87. The van der Waals surface area contributed by atoms with Gasteiger partial charge in [-0.1, -0.05) is 6.92 Å². The van der Waals surface area contributed by atoms with Gasteiger partial charge in [0.1, 0.15) is 5.82 Å². The monoisotopic (exact) mass is 450 g/mol. The van der Waals surface area contributed by atoms with E-state index in [1.54, 1.807) is 0 Å². The van der Waals surface area contributed by atoms with Crippen LogP contribution in [-0.4, -0.2) is 65.8 Å². The number of nitrogens with one attached hydrogen (secondary N) is 2. The molecule has 0 spiro atoms. The Morgan fingerprint density at radius 3 is 2.73 bits per heavy atom. The highest BCUT2D eigenvalue weighted by Gasteiger charge is 2.43. The van der Waals surface area contributed by atoms with Crippen LogP contribution in [0.5, 0.6) is 0 Å². The second kappa shape index (κ2) is 9.27. The van der Waals surface area contributed by atoms with E-state index in [0.29, 0.717) is 18.6 Å². The molecule has 0 radical (unpaired) electrons. The number of likely N-dealkylation sites (N-methyl/N-ethyl adjacent to an activating group) is 1. The number of nitrogens with zero attached hydrogens (tertiary/aromatic N) is 4. The van der Waals surface area contributed by atoms with E-state index in [1.807, 2.05) is 31.2 Å². The number of amides is 2. The normalized spacial score (nSPS) is 24.5. The zero-order valence-electron chi connectivity index (χ0n) is 19.8. The van der Waals surface area contributed by atoms with Crippen molar-refractivity contribution in [2.45, 2.75) is 58.2 Å². The largest absolute Gasteiger partial charge is 0.377 e. The van der Waals surface area contributed by atoms with Crippen LogP contribution in [-0.2, 0) is 11.2 Å². The Kier molecular flexibility index (Phi) is 6.21. The van der Waals surface area contributed by atoms with Crippen LogP contribution in [0.15, 0.2) is 24.3 Å². The zero-order chi connectivity index (χ0) is 22.9. The van der Waals surface area contributed by atoms with Crippen molar-refractivity contribution >= 4 is 17.5 Å². The Bertz CT molecular complexity index is 1010. The summed E-state index contributed by atoms with van der Waals surface area (Å²) in [5.74, 6) is 1.84. The predicted octanol–water partition coefficient (Wildman–Crippen LogP) is 3.59. The SMILES string of the molecule is CCNC(=O)Nc1ccc(-c2nc3c(c(N4CCOC[C@@H]4C)n2)C2CCC(C3)N2CC)cc1. The Balaban J connectivity index is 1.53. The summed E-state index contributed by atoms with van der Waals surface area (Å²) in [5, 5.41) is 5.60. The Morgan fingerprint density at radius 2 is 2.00 bits per heavy atom. The molecule has 2 fully saturated rings. The number of carbonyl (C=O) groups is 1. The minimum Gasteiger partial charge on any atom is -0.377 e. The van der Waals surface area contributed by atoms with Gasteiger partial charge in [0.25, 0.3) is 0 Å². The Morgan fingerprint density at radius 1 is 1.18 bits per heavy atom. The first-order valence-electron chi connectivity index (χ1n) is 12.2. The molecule has 3 atom stereocenters. The maximum atomic E-state index is 11.8. The molecule has 2 saturated heterocycles. The number of aromatic nitrogens is 2. The number of rotatable bonds is 5. The molecular formula is C25H34N6O2. The highest BCUT2D eigenvalue weighted by Crippen LogP contribution is 2.47. The number of hydrogen-bond acceptors (Lipinski definition) is 6. The summed E-state index contributed by atoms with van der Waals surface area (Å²) in [4.78, 5) is 27.2. The summed E-state index contributed by atoms with van der Waals surface area (Å²) >= 11 is 0. The number of ether oxygens (including phenoxy) is 1. The molecule has 1 aromatic carbocycles. The van der Waals surface area contributed by atoms with Crippen molar-refractivity contribution < 1.29 is 9.53 Å². The van der Waals surface area contributed by atoms with Gasteiger partial charge < -0.3 is 20.3 Å². The average Bonchev–Trinajstić information content (AvgIpc) is 3.11. The summed E-state index contributed by atoms with van der Waals surface area (Å²) in [5.41, 5.74) is 4.25. The third-order valence-electron chi connectivity index (χ3n) is 7.15. The highest BCUT2D eigenvalue weighted by atomic mass is 16.5. The molecule has 0 aliphatic carbocycles. The molecule has 33 heavy (non-hydrogen) atoms. The fourth-order valence-electron chi connectivity index (χ4n) is 5.60. The molecule has 2 bridgehead atoms. The van der Waals surface area contributed by atoms with Gasteiger partial charge in [-0.15, -0.1) is 0 Å². The van der Waals surface area contributed by atoms with Crippen LogP contribution < -0.4 is 15.5 Å². The van der Waals surface area contributed by atoms with E-state index >= 15 is 0 Å². The van der Waals surface area contributed by atoms with Crippen molar-refractivity contribution in [3.05, 3.63) is 35.5 Å². The van der Waals surface area contributed by atoms with E-state index in [9.17, 15) is 4.79 Å². The number of morpholine rings is 1. The Labute approximate surface area is 195 Å². The van der Waals surface area contributed by atoms with Gasteiger partial charge in [-0.05, 0) is 57.5 Å². The van der Waals surface area contributed by atoms with Gasteiger partial charge in [0.05, 0.1) is 24.9 Å². The molecule has 2 unspecified atom stereocenters. The third-order valence-corrected chi connectivity index (χ3v) is 7.15. The second-order valence-electron chi connectivity index (χ2n) is 9.19. The van der Waals surface area contributed by atoms with Crippen molar-refractivity contribution in [3.63, 3.8) is 0 Å². The molecule has 3 aliphatic heterocycles. The summed E-state index contributed by atoms with van der Waals surface area (Å²) in [6.07, 6.45) is 3.39. The smallest absolute Gasteiger partial charge is 0.319 e. The third kappa shape index (κ3) is 4.17. The van der Waals surface area contributed by atoms with Gasteiger partial charge in [0.15, 0.2) is 5.82 Å². The number of benzene rings is 1. The molecule has 0 saturated carbocycles. The number of fused-ring (bicyclic) bond motifs is 4. The van der Waals surface area contributed by atoms with Crippen LogP contribution in [0.2, 0.25) is 0 Å². The summed E-state index contributed by atoms with van der Waals surface area (Å²) in [7, 11) is 0. The minimum absolute atomic E-state index is 0.199. The van der Waals surface area contributed by atoms with E-state index in [1.165, 1.54) is 24.1 Å². The molecule has 4 heterocycles. The van der Waals surface area contributed by atoms with Gasteiger partial charge in [0, 0.05) is 48.4 Å². The first-order valence-corrected chi connectivity index (χ1v) is 12.2. The first-order chi connectivity index (χ1) is 16.1. The highest BCUT2D eigenvalue weighted by molar-refractivity contribution is 5.89. The molecule has 1 aromatic heterocycles. The maximum Gasteiger partial charge on any atom is 0.319 e. The van der Waals surface area contributed by atoms with Crippen LogP contribution >= 0.6 is 0 Å². The van der Waals surface area contributed by atoms with Gasteiger partial charge in [-0.2, -0.15) is 0 Å². The lowest BCUT2D eigenvalue weighted by atomic mass is 9.96. The van der Waals surface area contributed by atoms with Crippen molar-refractivity contribution in [3.8, 4) is 11.4 Å². The van der Waals surface area contributed by atoms with E-state index in [-0.39, 0.29) is 12.1 Å². The maximum absolute atomic E-state index is 11.8. The number of hydrogen-bond donors (Lipinski definition) is 2. The molecule has 2 aromatic rings. The molecule has 5 rings (SSSR count). The van der Waals surface area contributed by atoms with Crippen LogP contribution in [0.25, 0.3) is 11.4 Å². The van der Waals surface area contributed by atoms with E-state index in [2.05, 4.69) is 34.3 Å². The number of carbonyl (C=O) groups excluding carboxylic acids is 1. The minimum atomic E-state index is -0.199. The quantitative estimate of drug-likeness (QED) is 0.724. The molecule has 8 nitrogen and oxygen atoms in total. The molecular weight excluding hydrogens is 416 g/mol. The molecule has 8 heteroatoms. The summed E-state index contributed by atoms with van der Waals surface area (Å²) in [6.45, 7) is 10.3. The van der Waals surface area contributed by atoms with Gasteiger partial charge >= 0.3 is 6.03 Å². The van der Waals surface area contributed by atoms with Crippen LogP contribution in [0.4, 0.5) is 16.3 Å². The fraction of sp³-hybridized carbons (Fsp3) is 0.560. The predicted molar refractivity (Wildman–Crippen MR) is 130 cm³/mol. The van der Waals surface area contributed by atoms with Crippen molar-refractivity contribution in [1.29, 1.82) is 0 Å². The van der Waals surface area contributed by atoms with Gasteiger partial charge in [-0.3, -0.25) is 4.90 Å². The van der Waals surface area contributed by atoms with E-state index < -0.39 is 0 Å². The van der Waals surface area contributed by atoms with Gasteiger partial charge in [0.2, 0.25) is 0 Å². The molecule has 176 valence electrons. The molecule has 2 amide bonds. The lowest BCUT2D eigenvalue weighted by Gasteiger charge is -2.40. The lowest BCUT2D eigenvalue weighted by molar-refractivity contribution is 0.0979. The van der Waals surface area contributed by atoms with Crippen LogP contribution in [0.1, 0.15) is 50.9 Å². The number of anilines is 2. The van der Waals surface area contributed by atoms with E-state index in [4.69, 9.17) is 14.7 Å². The Hall–Kier alpha value is -2.71. The zero-order valence-corrected chi connectivity index (χ0v) is 19.8. The van der Waals surface area contributed by atoms with Crippen molar-refractivity contribution in [1.82, 2.24) is 20.2 Å². The van der Waals surface area contributed by atoms with Gasteiger partial charge in [-0.25, -0.2) is 14.8 Å².